The van der Waals surface area contributed by atoms with E-state index in [2.05, 4.69) is 5.32 Å². The lowest BCUT2D eigenvalue weighted by molar-refractivity contribution is -0.143. The van der Waals surface area contributed by atoms with Gasteiger partial charge < -0.3 is 15.0 Å². The molecule has 2 atom stereocenters. The topological polar surface area (TPSA) is 58.6 Å². The summed E-state index contributed by atoms with van der Waals surface area (Å²) in [6, 6.07) is 24.8. The van der Waals surface area contributed by atoms with Gasteiger partial charge in [-0.25, -0.2) is 0 Å². The van der Waals surface area contributed by atoms with Crippen molar-refractivity contribution >= 4 is 11.8 Å². The number of carbonyl (C=O) groups excluding carboxylic acids is 2. The van der Waals surface area contributed by atoms with Gasteiger partial charge in [0.15, 0.2) is 6.61 Å². The highest BCUT2D eigenvalue weighted by Crippen LogP contribution is 2.17. The van der Waals surface area contributed by atoms with Crippen molar-refractivity contribution in [2.45, 2.75) is 59.2 Å². The van der Waals surface area contributed by atoms with Gasteiger partial charge in [-0.1, -0.05) is 84.8 Å². The fraction of sp³-hybridized carbons (Fsp3) is 0.333. The summed E-state index contributed by atoms with van der Waals surface area (Å²) in [5, 5.41) is 3.09. The Morgan fingerprint density at radius 1 is 0.857 bits per heavy atom. The van der Waals surface area contributed by atoms with E-state index in [-0.39, 0.29) is 24.5 Å². The highest BCUT2D eigenvalue weighted by atomic mass is 16.5. The second-order valence-electron chi connectivity index (χ2n) is 9.13. The monoisotopic (exact) mass is 472 g/mol. The number of aryl methyl sites for hydroxylation is 2. The highest BCUT2D eigenvalue weighted by Gasteiger charge is 2.31. The van der Waals surface area contributed by atoms with E-state index in [1.165, 1.54) is 0 Å². The van der Waals surface area contributed by atoms with Crippen LogP contribution in [0, 0.1) is 13.8 Å². The number of nitrogens with one attached hydrogen (secondary N) is 1. The molecule has 0 unspecified atom stereocenters. The number of amides is 2. The fourth-order valence-corrected chi connectivity index (χ4v) is 3.75. The molecule has 3 aromatic rings. The van der Waals surface area contributed by atoms with Crippen LogP contribution >= 0.6 is 0 Å². The van der Waals surface area contributed by atoms with Gasteiger partial charge >= 0.3 is 0 Å². The molecule has 0 fully saturated rings. The molecule has 0 saturated carbocycles. The van der Waals surface area contributed by atoms with Crippen molar-refractivity contribution < 1.29 is 14.3 Å². The zero-order chi connectivity index (χ0) is 25.2. The zero-order valence-electron chi connectivity index (χ0n) is 21.2. The number of nitrogens with zero attached hydrogens (tertiary/aromatic N) is 1. The molecular formula is C30H36N2O3. The van der Waals surface area contributed by atoms with E-state index in [4.69, 9.17) is 4.74 Å². The van der Waals surface area contributed by atoms with Crippen molar-refractivity contribution in [2.24, 2.45) is 0 Å². The number of carbonyl (C=O) groups is 2. The van der Waals surface area contributed by atoms with Gasteiger partial charge in [-0.05, 0) is 50.5 Å². The molecule has 0 spiro atoms. The van der Waals surface area contributed by atoms with Crippen molar-refractivity contribution in [3.8, 4) is 5.75 Å². The number of hydrogen-bond acceptors (Lipinski definition) is 3. The van der Waals surface area contributed by atoms with Crippen molar-refractivity contribution in [1.82, 2.24) is 10.2 Å². The summed E-state index contributed by atoms with van der Waals surface area (Å²) in [7, 11) is 0. The SMILES string of the molecule is CC[C@@H](C)NC(=O)[C@H](Cc1ccccc1)N(Cc1ccc(C)cc1)C(=O)COc1ccc(C)cc1. The Morgan fingerprint density at radius 2 is 1.46 bits per heavy atom. The molecule has 5 heteroatoms. The molecule has 2 amide bonds. The summed E-state index contributed by atoms with van der Waals surface area (Å²) >= 11 is 0. The first-order chi connectivity index (χ1) is 16.9. The third kappa shape index (κ3) is 7.99. The van der Waals surface area contributed by atoms with Gasteiger partial charge in [0.1, 0.15) is 11.8 Å². The van der Waals surface area contributed by atoms with Gasteiger partial charge in [0.05, 0.1) is 0 Å². The smallest absolute Gasteiger partial charge is 0.261 e. The quantitative estimate of drug-likeness (QED) is 0.415. The Kier molecular flexibility index (Phi) is 9.47. The van der Waals surface area contributed by atoms with E-state index >= 15 is 0 Å². The van der Waals surface area contributed by atoms with Crippen LogP contribution < -0.4 is 10.1 Å². The van der Waals surface area contributed by atoms with Gasteiger partial charge in [0.25, 0.3) is 5.91 Å². The lowest BCUT2D eigenvalue weighted by Gasteiger charge is -2.32. The maximum atomic E-state index is 13.6. The van der Waals surface area contributed by atoms with Crippen LogP contribution in [0.4, 0.5) is 0 Å². The maximum absolute atomic E-state index is 13.6. The summed E-state index contributed by atoms with van der Waals surface area (Å²) < 4.78 is 5.82. The van der Waals surface area contributed by atoms with Crippen LogP contribution in [0.3, 0.4) is 0 Å². The van der Waals surface area contributed by atoms with Crippen LogP contribution in [0.25, 0.3) is 0 Å². The second kappa shape index (κ2) is 12.7. The first kappa shape index (κ1) is 26.0. The van der Waals surface area contributed by atoms with Crippen LogP contribution in [0.2, 0.25) is 0 Å². The van der Waals surface area contributed by atoms with Crippen LogP contribution in [0.1, 0.15) is 42.5 Å². The number of ether oxygens (including phenoxy) is 1. The Morgan fingerprint density at radius 3 is 2.06 bits per heavy atom. The van der Waals surface area contributed by atoms with E-state index in [0.717, 1.165) is 28.7 Å². The molecular weight excluding hydrogens is 436 g/mol. The van der Waals surface area contributed by atoms with Crippen molar-refractivity contribution in [1.29, 1.82) is 0 Å². The predicted octanol–water partition coefficient (Wildman–Crippen LogP) is 5.24. The molecule has 1 N–H and O–H groups in total. The highest BCUT2D eigenvalue weighted by molar-refractivity contribution is 5.88. The molecule has 0 radical (unpaired) electrons. The van der Waals surface area contributed by atoms with Gasteiger partial charge in [-0.2, -0.15) is 0 Å². The molecule has 0 saturated heterocycles. The molecule has 3 aromatic carbocycles. The van der Waals surface area contributed by atoms with Crippen LogP contribution in [0.5, 0.6) is 5.75 Å². The summed E-state index contributed by atoms with van der Waals surface area (Å²) in [5.41, 5.74) is 4.23. The second-order valence-corrected chi connectivity index (χ2v) is 9.13. The third-order valence-corrected chi connectivity index (χ3v) is 6.13. The minimum absolute atomic E-state index is 0.0147. The zero-order valence-corrected chi connectivity index (χ0v) is 21.2. The molecule has 0 bridgehead atoms. The molecule has 0 aliphatic heterocycles. The third-order valence-electron chi connectivity index (χ3n) is 6.13. The number of rotatable bonds is 11. The van der Waals surface area contributed by atoms with E-state index in [1.54, 1.807) is 4.90 Å². The lowest BCUT2D eigenvalue weighted by atomic mass is 10.0. The molecule has 184 valence electrons. The molecule has 5 nitrogen and oxygen atoms in total. The minimum Gasteiger partial charge on any atom is -0.484 e. The van der Waals surface area contributed by atoms with Crippen LogP contribution in [-0.2, 0) is 22.6 Å². The molecule has 35 heavy (non-hydrogen) atoms. The Bertz CT molecular complexity index is 1080. The largest absolute Gasteiger partial charge is 0.484 e. The van der Waals surface area contributed by atoms with Crippen molar-refractivity contribution in [3.05, 3.63) is 101 Å². The van der Waals surface area contributed by atoms with Crippen molar-refractivity contribution in [3.63, 3.8) is 0 Å². The van der Waals surface area contributed by atoms with Crippen molar-refractivity contribution in [2.75, 3.05) is 6.61 Å². The van der Waals surface area contributed by atoms with E-state index in [0.29, 0.717) is 18.7 Å². The standard InChI is InChI=1S/C30H36N2O3/c1-5-24(4)31-30(34)28(19-25-9-7-6-8-10-25)32(20-26-15-11-22(2)12-16-26)29(33)21-35-27-17-13-23(3)14-18-27/h6-18,24,28H,5,19-21H2,1-4H3,(H,31,34)/t24-,28+/m1/s1. The summed E-state index contributed by atoms with van der Waals surface area (Å²) in [5.74, 6) is 0.244. The lowest BCUT2D eigenvalue weighted by Crippen LogP contribution is -2.53. The molecule has 0 aliphatic carbocycles. The van der Waals surface area contributed by atoms with E-state index in [9.17, 15) is 9.59 Å². The summed E-state index contributed by atoms with van der Waals surface area (Å²) in [4.78, 5) is 28.7. The van der Waals surface area contributed by atoms with E-state index in [1.807, 2.05) is 107 Å². The molecule has 0 aromatic heterocycles. The van der Waals surface area contributed by atoms with Gasteiger partial charge in [0, 0.05) is 19.0 Å². The number of hydrogen-bond donors (Lipinski definition) is 1. The molecule has 0 heterocycles. The fourth-order valence-electron chi connectivity index (χ4n) is 3.75. The maximum Gasteiger partial charge on any atom is 0.261 e. The normalized spacial score (nSPS) is 12.5. The van der Waals surface area contributed by atoms with Gasteiger partial charge in [0.2, 0.25) is 5.91 Å². The summed E-state index contributed by atoms with van der Waals surface area (Å²) in [6.07, 6.45) is 1.23. The Balaban J connectivity index is 1.89. The van der Waals surface area contributed by atoms with E-state index < -0.39 is 6.04 Å². The first-order valence-electron chi connectivity index (χ1n) is 12.2. The number of benzene rings is 3. The molecule has 3 rings (SSSR count). The Labute approximate surface area is 209 Å². The average Bonchev–Trinajstić information content (AvgIpc) is 2.87. The average molecular weight is 473 g/mol. The Hall–Kier alpha value is -3.60. The van der Waals surface area contributed by atoms with Gasteiger partial charge in [-0.3, -0.25) is 9.59 Å². The van der Waals surface area contributed by atoms with Gasteiger partial charge in [-0.15, -0.1) is 0 Å². The summed E-state index contributed by atoms with van der Waals surface area (Å²) in [6.45, 7) is 8.22. The minimum atomic E-state index is -0.665. The van der Waals surface area contributed by atoms with Crippen LogP contribution in [-0.4, -0.2) is 35.4 Å². The first-order valence-corrected chi connectivity index (χ1v) is 12.2. The van der Waals surface area contributed by atoms with Crippen LogP contribution in [0.15, 0.2) is 78.9 Å². The predicted molar refractivity (Wildman–Crippen MR) is 140 cm³/mol. The molecule has 0 aliphatic rings.